The molecule has 0 N–H and O–H groups in total. The van der Waals surface area contributed by atoms with Gasteiger partial charge in [-0.2, -0.15) is 8.42 Å². The molecular weight excluding hydrogens is 360 g/mol. The Balaban J connectivity index is 2.65. The molecule has 2 aromatic rings. The quantitative estimate of drug-likeness (QED) is 0.756. The van der Waals surface area contributed by atoms with Crippen LogP contribution in [0.4, 0.5) is 0 Å². The Morgan fingerprint density at radius 3 is 1.04 bits per heavy atom. The predicted octanol–water partition coefficient (Wildman–Crippen LogP) is 1.80. The SMILES string of the molecule is Cc1ccc(S(=O)(=O)S(=O)(=O)S(=O)(=O)c2ccc(C)cc2)cc1. The molecule has 0 atom stereocenters. The fourth-order valence-corrected chi connectivity index (χ4v) is 9.73. The van der Waals surface area contributed by atoms with E-state index < -0.39 is 35.4 Å². The van der Waals surface area contributed by atoms with Crippen molar-refractivity contribution in [3.8, 4) is 0 Å². The molecule has 0 aromatic heterocycles. The maximum absolute atomic E-state index is 12.3. The monoisotopic (exact) mass is 374 g/mol. The largest absolute Gasteiger partial charge is 0.366 e. The highest BCUT2D eigenvalue weighted by Crippen LogP contribution is 2.27. The van der Waals surface area contributed by atoms with E-state index in [4.69, 9.17) is 0 Å². The molecule has 0 aliphatic carbocycles. The van der Waals surface area contributed by atoms with Gasteiger partial charge in [0.2, 0.25) is 0 Å². The minimum absolute atomic E-state index is 0.584. The van der Waals surface area contributed by atoms with Gasteiger partial charge in [-0.3, -0.25) is 0 Å². The topological polar surface area (TPSA) is 102 Å². The summed E-state index contributed by atoms with van der Waals surface area (Å²) in [5, 5.41) is 0. The van der Waals surface area contributed by atoms with Crippen molar-refractivity contribution in [1.82, 2.24) is 0 Å². The molecule has 124 valence electrons. The molecule has 0 aliphatic rings. The molecular formula is C14H14O6S3. The summed E-state index contributed by atoms with van der Waals surface area (Å²) in [5.41, 5.74) is 1.42. The van der Waals surface area contributed by atoms with Crippen LogP contribution in [-0.2, 0) is 25.6 Å². The molecule has 0 saturated heterocycles. The number of benzene rings is 2. The normalized spacial score (nSPS) is 13.0. The van der Waals surface area contributed by atoms with Crippen LogP contribution in [0.3, 0.4) is 0 Å². The van der Waals surface area contributed by atoms with Gasteiger partial charge in [0.1, 0.15) is 0 Å². The van der Waals surface area contributed by atoms with Crippen LogP contribution < -0.4 is 0 Å². The van der Waals surface area contributed by atoms with Gasteiger partial charge in [0.05, 0.1) is 9.79 Å². The molecule has 2 rings (SSSR count). The first-order valence-electron chi connectivity index (χ1n) is 6.38. The van der Waals surface area contributed by atoms with Crippen LogP contribution in [-0.4, -0.2) is 25.3 Å². The highest BCUT2D eigenvalue weighted by molar-refractivity contribution is 8.99. The molecule has 0 radical (unpaired) electrons. The van der Waals surface area contributed by atoms with Crippen LogP contribution in [0.15, 0.2) is 58.3 Å². The molecule has 6 nitrogen and oxygen atoms in total. The number of hydrogen-bond acceptors (Lipinski definition) is 6. The zero-order valence-electron chi connectivity index (χ0n) is 12.3. The lowest BCUT2D eigenvalue weighted by molar-refractivity contribution is 0.578. The Morgan fingerprint density at radius 1 is 0.522 bits per heavy atom. The summed E-state index contributed by atoms with van der Waals surface area (Å²) in [6.07, 6.45) is 0. The van der Waals surface area contributed by atoms with E-state index in [0.29, 0.717) is 11.1 Å². The van der Waals surface area contributed by atoms with E-state index in [9.17, 15) is 25.3 Å². The van der Waals surface area contributed by atoms with E-state index in [1.807, 2.05) is 0 Å². The fraction of sp³-hybridized carbons (Fsp3) is 0.143. The summed E-state index contributed by atoms with van der Waals surface area (Å²) >= 11 is 0. The number of aryl methyl sites for hydroxylation is 2. The molecule has 0 heterocycles. The summed E-state index contributed by atoms with van der Waals surface area (Å²) < 4.78 is 73.7. The van der Waals surface area contributed by atoms with Gasteiger partial charge in [0, 0.05) is 0 Å². The average Bonchev–Trinajstić information content (AvgIpc) is 2.47. The van der Waals surface area contributed by atoms with Crippen molar-refractivity contribution in [2.75, 3.05) is 0 Å². The summed E-state index contributed by atoms with van der Waals surface area (Å²) in [6, 6.07) is 9.81. The first kappa shape index (κ1) is 17.6. The molecule has 2 aromatic carbocycles. The molecule has 0 amide bonds. The van der Waals surface area contributed by atoms with E-state index >= 15 is 0 Å². The van der Waals surface area contributed by atoms with Crippen LogP contribution in [0.1, 0.15) is 11.1 Å². The lowest BCUT2D eigenvalue weighted by Crippen LogP contribution is -2.25. The maximum Gasteiger partial charge on any atom is 0.366 e. The highest BCUT2D eigenvalue weighted by atomic mass is 33.6. The van der Waals surface area contributed by atoms with Gasteiger partial charge in [-0.1, -0.05) is 35.4 Å². The molecule has 0 bridgehead atoms. The fourth-order valence-electron chi connectivity index (χ4n) is 1.76. The second-order valence-corrected chi connectivity index (χ2v) is 14.4. The van der Waals surface area contributed by atoms with E-state index in [0.717, 1.165) is 24.3 Å². The second-order valence-electron chi connectivity index (χ2n) is 4.94. The smallest absolute Gasteiger partial charge is 0.206 e. The third-order valence-corrected chi connectivity index (χ3v) is 13.5. The Hall–Kier alpha value is -1.71. The van der Waals surface area contributed by atoms with Gasteiger partial charge >= 0.3 is 7.90 Å². The average molecular weight is 374 g/mol. The van der Waals surface area contributed by atoms with Crippen LogP contribution in [0, 0.1) is 13.8 Å². The lowest BCUT2D eigenvalue weighted by atomic mass is 10.2. The van der Waals surface area contributed by atoms with Crippen LogP contribution in [0.2, 0.25) is 0 Å². The molecule has 0 aliphatic heterocycles. The Bertz CT molecular complexity index is 949. The summed E-state index contributed by atoms with van der Waals surface area (Å²) in [4.78, 5) is -1.17. The van der Waals surface area contributed by atoms with E-state index in [2.05, 4.69) is 0 Å². The zero-order valence-corrected chi connectivity index (χ0v) is 14.7. The predicted molar refractivity (Wildman–Crippen MR) is 85.6 cm³/mol. The van der Waals surface area contributed by atoms with Crippen molar-refractivity contribution < 1.29 is 25.3 Å². The molecule has 0 spiro atoms. The van der Waals surface area contributed by atoms with Crippen LogP contribution in [0.25, 0.3) is 0 Å². The third kappa shape index (κ3) is 2.91. The third-order valence-electron chi connectivity index (χ3n) is 3.16. The molecule has 23 heavy (non-hydrogen) atoms. The van der Waals surface area contributed by atoms with Gasteiger partial charge in [-0.25, -0.2) is 16.8 Å². The van der Waals surface area contributed by atoms with Gasteiger partial charge in [-0.05, 0) is 38.1 Å². The minimum atomic E-state index is -5.53. The lowest BCUT2D eigenvalue weighted by Gasteiger charge is -2.08. The Labute approximate surface area is 134 Å². The van der Waals surface area contributed by atoms with E-state index in [1.165, 1.54) is 24.3 Å². The van der Waals surface area contributed by atoms with Crippen molar-refractivity contribution >= 4 is 25.6 Å². The van der Waals surface area contributed by atoms with Crippen LogP contribution >= 0.6 is 0 Å². The van der Waals surface area contributed by atoms with Gasteiger partial charge in [0.25, 0.3) is 17.7 Å². The first-order valence-corrected chi connectivity index (χ1v) is 11.9. The standard InChI is InChI=1S/C14H14O6S3/c1-11-3-7-13(8-4-11)21(15,16)23(19,20)22(17,18)14-9-5-12(2)6-10-14/h3-10H,1-2H3. The molecule has 0 saturated carbocycles. The number of hydrogen-bond donors (Lipinski definition) is 0. The second kappa shape index (κ2) is 5.73. The summed E-state index contributed by atoms with van der Waals surface area (Å²) in [5.74, 6) is 0. The molecule has 0 fully saturated rings. The Morgan fingerprint density at radius 2 is 0.783 bits per heavy atom. The minimum Gasteiger partial charge on any atom is -0.206 e. The molecule has 0 unspecified atom stereocenters. The maximum atomic E-state index is 12.3. The van der Waals surface area contributed by atoms with Crippen molar-refractivity contribution in [1.29, 1.82) is 0 Å². The summed E-state index contributed by atoms with van der Waals surface area (Å²) in [6.45, 7) is 3.38. The van der Waals surface area contributed by atoms with Crippen molar-refractivity contribution in [2.24, 2.45) is 0 Å². The van der Waals surface area contributed by atoms with E-state index in [1.54, 1.807) is 13.8 Å². The molecule has 9 heteroatoms. The van der Waals surface area contributed by atoms with Crippen molar-refractivity contribution in [3.63, 3.8) is 0 Å². The van der Waals surface area contributed by atoms with Gasteiger partial charge < -0.3 is 0 Å². The Kier molecular flexibility index (Phi) is 4.40. The van der Waals surface area contributed by atoms with Gasteiger partial charge in [-0.15, -0.1) is 0 Å². The van der Waals surface area contributed by atoms with Crippen LogP contribution in [0.5, 0.6) is 0 Å². The number of rotatable bonds is 4. The first-order chi connectivity index (χ1) is 10.5. The zero-order chi connectivity index (χ0) is 17.5. The van der Waals surface area contributed by atoms with Crippen molar-refractivity contribution in [3.05, 3.63) is 59.7 Å². The van der Waals surface area contributed by atoms with Gasteiger partial charge in [0.15, 0.2) is 0 Å². The summed E-state index contributed by atoms with van der Waals surface area (Å²) in [7, 11) is -15.7. The highest BCUT2D eigenvalue weighted by Gasteiger charge is 2.45. The van der Waals surface area contributed by atoms with Crippen molar-refractivity contribution in [2.45, 2.75) is 23.6 Å². The van der Waals surface area contributed by atoms with E-state index in [-0.39, 0.29) is 0 Å².